The van der Waals surface area contributed by atoms with Crippen LogP contribution in [0.15, 0.2) is 18.2 Å². The largest absolute Gasteiger partial charge is 0.388 e. The molecule has 0 fully saturated rings. The molecule has 5 N–H and O–H groups in total. The normalized spacial score (nSPS) is 13.6. The van der Waals surface area contributed by atoms with E-state index in [0.29, 0.717) is 24.4 Å². The highest BCUT2D eigenvalue weighted by Gasteiger charge is 2.20. The van der Waals surface area contributed by atoms with Gasteiger partial charge in [0.15, 0.2) is 0 Å². The van der Waals surface area contributed by atoms with Crippen molar-refractivity contribution in [3.8, 4) is 0 Å². The third-order valence-electron chi connectivity index (χ3n) is 2.81. The molecule has 0 aliphatic rings. The Kier molecular flexibility index (Phi) is 5.68. The molecule has 1 rings (SSSR count). The van der Waals surface area contributed by atoms with E-state index in [1.54, 1.807) is 20.1 Å². The van der Waals surface area contributed by atoms with Gasteiger partial charge in [0.25, 0.3) is 5.69 Å². The molecule has 20 heavy (non-hydrogen) atoms. The van der Waals surface area contributed by atoms with Crippen molar-refractivity contribution < 1.29 is 14.8 Å². The number of nitrogens with one attached hydrogen (secondary N) is 2. The summed E-state index contributed by atoms with van der Waals surface area (Å²) in [5, 5.41) is 23.9. The minimum Gasteiger partial charge on any atom is -0.388 e. The third kappa shape index (κ3) is 5.00. The summed E-state index contributed by atoms with van der Waals surface area (Å²) < 4.78 is 4.91. The van der Waals surface area contributed by atoms with Crippen LogP contribution in [0, 0.1) is 10.1 Å². The van der Waals surface area contributed by atoms with Gasteiger partial charge in [-0.2, -0.15) is 0 Å². The number of methoxy groups -OCH3 is 1. The van der Waals surface area contributed by atoms with E-state index in [0.717, 1.165) is 0 Å². The molecule has 0 saturated heterocycles. The van der Waals surface area contributed by atoms with E-state index in [1.165, 1.54) is 12.1 Å². The second-order valence-electron chi connectivity index (χ2n) is 4.76. The standard InChI is InChI=1S/C12H20N4O4/c1-12(17,3-4-20-2)8-14-9-5-10(15-13)7-11(6-9)16(18)19/h5-7,14-15,17H,3-4,8,13H2,1-2H3. The van der Waals surface area contributed by atoms with E-state index in [-0.39, 0.29) is 12.2 Å². The molecular formula is C12H20N4O4. The number of aliphatic hydroxyl groups is 1. The number of ether oxygens (including phenoxy) is 1. The van der Waals surface area contributed by atoms with E-state index >= 15 is 0 Å². The number of rotatable bonds is 8. The van der Waals surface area contributed by atoms with Gasteiger partial charge in [-0.15, -0.1) is 0 Å². The molecule has 0 amide bonds. The zero-order valence-electron chi connectivity index (χ0n) is 11.5. The van der Waals surface area contributed by atoms with Crippen molar-refractivity contribution in [3.05, 3.63) is 28.3 Å². The second kappa shape index (κ2) is 7.04. The number of nitro benzene ring substituents is 1. The summed E-state index contributed by atoms with van der Waals surface area (Å²) in [5.41, 5.74) is 2.23. The van der Waals surface area contributed by atoms with Crippen molar-refractivity contribution >= 4 is 17.1 Å². The molecule has 0 heterocycles. The monoisotopic (exact) mass is 284 g/mol. The lowest BCUT2D eigenvalue weighted by atomic mass is 10.0. The fourth-order valence-corrected chi connectivity index (χ4v) is 1.60. The van der Waals surface area contributed by atoms with E-state index in [4.69, 9.17) is 10.6 Å². The van der Waals surface area contributed by atoms with Crippen LogP contribution < -0.4 is 16.6 Å². The van der Waals surface area contributed by atoms with E-state index in [1.807, 2.05) is 0 Å². The highest BCUT2D eigenvalue weighted by atomic mass is 16.6. The molecule has 1 atom stereocenters. The van der Waals surface area contributed by atoms with Gasteiger partial charge in [0, 0.05) is 44.5 Å². The first kappa shape index (κ1) is 16.2. The van der Waals surface area contributed by atoms with Gasteiger partial charge in [0.1, 0.15) is 0 Å². The molecule has 1 aromatic carbocycles. The molecule has 0 bridgehead atoms. The first-order valence-electron chi connectivity index (χ1n) is 6.09. The number of nitrogens with two attached hydrogens (primary N) is 1. The van der Waals surface area contributed by atoms with Gasteiger partial charge in [-0.05, 0) is 13.0 Å². The summed E-state index contributed by atoms with van der Waals surface area (Å²) in [6, 6.07) is 4.33. The summed E-state index contributed by atoms with van der Waals surface area (Å²) in [4.78, 5) is 10.3. The van der Waals surface area contributed by atoms with Gasteiger partial charge in [-0.3, -0.25) is 16.0 Å². The zero-order chi connectivity index (χ0) is 15.2. The first-order valence-corrected chi connectivity index (χ1v) is 6.09. The Balaban J connectivity index is 2.76. The maximum absolute atomic E-state index is 10.8. The second-order valence-corrected chi connectivity index (χ2v) is 4.76. The number of nitrogen functional groups attached to an aromatic ring is 1. The quantitative estimate of drug-likeness (QED) is 0.320. The number of hydrazine groups is 1. The van der Waals surface area contributed by atoms with Gasteiger partial charge in [0.2, 0.25) is 0 Å². The summed E-state index contributed by atoms with van der Waals surface area (Å²) in [6.45, 7) is 2.33. The van der Waals surface area contributed by atoms with Crippen LogP contribution >= 0.6 is 0 Å². The Morgan fingerprint density at radius 3 is 2.65 bits per heavy atom. The smallest absolute Gasteiger partial charge is 0.273 e. The molecule has 0 saturated carbocycles. The topological polar surface area (TPSA) is 123 Å². The van der Waals surface area contributed by atoms with Gasteiger partial charge in [-0.1, -0.05) is 0 Å². The van der Waals surface area contributed by atoms with Gasteiger partial charge >= 0.3 is 0 Å². The maximum Gasteiger partial charge on any atom is 0.273 e. The minimum absolute atomic E-state index is 0.0838. The van der Waals surface area contributed by atoms with Crippen LogP contribution in [0.1, 0.15) is 13.3 Å². The number of nitro groups is 1. The van der Waals surface area contributed by atoms with E-state index in [9.17, 15) is 15.2 Å². The van der Waals surface area contributed by atoms with Crippen molar-refractivity contribution in [1.29, 1.82) is 0 Å². The molecule has 0 aliphatic heterocycles. The summed E-state index contributed by atoms with van der Waals surface area (Å²) >= 11 is 0. The minimum atomic E-state index is -0.975. The molecule has 0 aliphatic carbocycles. The number of nitrogens with zero attached hydrogens (tertiary/aromatic N) is 1. The highest BCUT2D eigenvalue weighted by Crippen LogP contribution is 2.24. The van der Waals surface area contributed by atoms with Crippen molar-refractivity contribution in [2.24, 2.45) is 5.84 Å². The zero-order valence-corrected chi connectivity index (χ0v) is 11.5. The van der Waals surface area contributed by atoms with Crippen LogP contribution in [0.2, 0.25) is 0 Å². The Labute approximate surface area is 117 Å². The number of non-ortho nitro benzene ring substituents is 1. The predicted octanol–water partition coefficient (Wildman–Crippen LogP) is 1.08. The van der Waals surface area contributed by atoms with Crippen LogP contribution in [0.25, 0.3) is 0 Å². The lowest BCUT2D eigenvalue weighted by Crippen LogP contribution is -2.34. The van der Waals surface area contributed by atoms with Crippen LogP contribution in [-0.2, 0) is 4.74 Å². The number of hydrogen-bond acceptors (Lipinski definition) is 7. The number of benzene rings is 1. The molecular weight excluding hydrogens is 264 g/mol. The van der Waals surface area contributed by atoms with Crippen molar-refractivity contribution in [2.75, 3.05) is 31.0 Å². The van der Waals surface area contributed by atoms with Gasteiger partial charge in [-0.25, -0.2) is 0 Å². The van der Waals surface area contributed by atoms with Crippen LogP contribution in [0.3, 0.4) is 0 Å². The SMILES string of the molecule is COCCC(C)(O)CNc1cc(NN)cc([N+](=O)[O-])c1. The molecule has 0 aromatic heterocycles. The average molecular weight is 284 g/mol. The molecule has 112 valence electrons. The van der Waals surface area contributed by atoms with Gasteiger partial charge in [0.05, 0.1) is 16.2 Å². The van der Waals surface area contributed by atoms with E-state index < -0.39 is 10.5 Å². The van der Waals surface area contributed by atoms with Gasteiger partial charge < -0.3 is 20.6 Å². The summed E-state index contributed by atoms with van der Waals surface area (Å²) in [7, 11) is 1.56. The molecule has 8 heteroatoms. The van der Waals surface area contributed by atoms with Crippen molar-refractivity contribution in [2.45, 2.75) is 18.9 Å². The van der Waals surface area contributed by atoms with Crippen molar-refractivity contribution in [3.63, 3.8) is 0 Å². The lowest BCUT2D eigenvalue weighted by molar-refractivity contribution is -0.384. The number of anilines is 2. The molecule has 8 nitrogen and oxygen atoms in total. The highest BCUT2D eigenvalue weighted by molar-refractivity contribution is 5.63. The number of hydrogen-bond donors (Lipinski definition) is 4. The molecule has 1 unspecified atom stereocenters. The fraction of sp³-hybridized carbons (Fsp3) is 0.500. The lowest BCUT2D eigenvalue weighted by Gasteiger charge is -2.24. The third-order valence-corrected chi connectivity index (χ3v) is 2.81. The molecule has 0 spiro atoms. The molecule has 1 aromatic rings. The van der Waals surface area contributed by atoms with Crippen LogP contribution in [-0.4, -0.2) is 35.9 Å². The molecule has 0 radical (unpaired) electrons. The van der Waals surface area contributed by atoms with Crippen LogP contribution in [0.5, 0.6) is 0 Å². The average Bonchev–Trinajstić information content (AvgIpc) is 2.42. The fourth-order valence-electron chi connectivity index (χ4n) is 1.60. The Morgan fingerprint density at radius 1 is 1.45 bits per heavy atom. The maximum atomic E-state index is 10.8. The Hall–Kier alpha value is -1.90. The first-order chi connectivity index (χ1) is 9.38. The predicted molar refractivity (Wildman–Crippen MR) is 76.5 cm³/mol. The van der Waals surface area contributed by atoms with Crippen molar-refractivity contribution in [1.82, 2.24) is 0 Å². The summed E-state index contributed by atoms with van der Waals surface area (Å²) in [5.74, 6) is 5.27. The Morgan fingerprint density at radius 2 is 2.10 bits per heavy atom. The van der Waals surface area contributed by atoms with E-state index in [2.05, 4.69) is 10.7 Å². The summed E-state index contributed by atoms with van der Waals surface area (Å²) in [6.07, 6.45) is 0.452. The Bertz CT molecular complexity index is 465. The van der Waals surface area contributed by atoms with Crippen LogP contribution in [0.4, 0.5) is 17.1 Å².